The van der Waals surface area contributed by atoms with Gasteiger partial charge in [-0.15, -0.1) is 11.3 Å². The molecule has 5 nitrogen and oxygen atoms in total. The van der Waals surface area contributed by atoms with Gasteiger partial charge in [0.2, 0.25) is 0 Å². The Balaban J connectivity index is 2.35. The largest absolute Gasteiger partial charge is 0.496 e. The predicted molar refractivity (Wildman–Crippen MR) is 74.0 cm³/mol. The lowest BCUT2D eigenvalue weighted by Crippen LogP contribution is -2.10. The van der Waals surface area contributed by atoms with E-state index in [9.17, 15) is 5.11 Å². The molecule has 0 aliphatic carbocycles. The van der Waals surface area contributed by atoms with E-state index in [1.807, 2.05) is 11.4 Å². The number of nitrogens with zero attached hydrogens (tertiary/aromatic N) is 2. The van der Waals surface area contributed by atoms with Crippen LogP contribution in [0.2, 0.25) is 0 Å². The summed E-state index contributed by atoms with van der Waals surface area (Å²) in [6.07, 6.45) is 1.83. The molecule has 0 aliphatic heterocycles. The van der Waals surface area contributed by atoms with Gasteiger partial charge in [-0.05, 0) is 12.5 Å². The molecule has 0 amide bonds. The summed E-state index contributed by atoms with van der Waals surface area (Å²) in [4.78, 5) is 0.813. The first-order valence-electron chi connectivity index (χ1n) is 6.11. The van der Waals surface area contributed by atoms with Crippen molar-refractivity contribution in [3.8, 4) is 11.5 Å². The molecule has 2 aromatic rings. The zero-order chi connectivity index (χ0) is 13.8. The molecule has 0 radical (unpaired) electrons. The number of ether oxygens (including phenoxy) is 2. The van der Waals surface area contributed by atoms with Gasteiger partial charge in [-0.25, -0.2) is 0 Å². The number of aliphatic hydroxyl groups excluding tert-OH is 1. The van der Waals surface area contributed by atoms with Crippen LogP contribution in [-0.2, 0) is 6.54 Å². The molecule has 104 valence electrons. The number of hydrogen-bond donors (Lipinski definition) is 1. The van der Waals surface area contributed by atoms with E-state index in [0.29, 0.717) is 11.4 Å². The van der Waals surface area contributed by atoms with Crippen LogP contribution >= 0.6 is 11.3 Å². The third-order valence-corrected chi connectivity index (χ3v) is 3.82. The third-order valence-electron chi connectivity index (χ3n) is 2.86. The second-order valence-corrected chi connectivity index (χ2v) is 5.06. The Labute approximate surface area is 116 Å². The Morgan fingerprint density at radius 2 is 2.21 bits per heavy atom. The highest BCUT2D eigenvalue weighted by Crippen LogP contribution is 2.35. The molecule has 6 heteroatoms. The van der Waals surface area contributed by atoms with E-state index in [1.165, 1.54) is 11.3 Å². The van der Waals surface area contributed by atoms with Gasteiger partial charge >= 0.3 is 0 Å². The molecule has 19 heavy (non-hydrogen) atoms. The minimum absolute atomic E-state index is 0.605. The van der Waals surface area contributed by atoms with Gasteiger partial charge in [-0.3, -0.25) is 4.68 Å². The van der Waals surface area contributed by atoms with Crippen LogP contribution in [0.3, 0.4) is 0 Å². The lowest BCUT2D eigenvalue weighted by atomic mass is 10.2. The van der Waals surface area contributed by atoms with Crippen LogP contribution in [-0.4, -0.2) is 29.1 Å². The van der Waals surface area contributed by atoms with Crippen molar-refractivity contribution in [2.45, 2.75) is 26.0 Å². The highest BCUT2D eigenvalue weighted by molar-refractivity contribution is 7.10. The second kappa shape index (κ2) is 6.08. The number of aromatic nitrogens is 2. The monoisotopic (exact) mass is 282 g/mol. The van der Waals surface area contributed by atoms with Gasteiger partial charge in [0.15, 0.2) is 5.75 Å². The van der Waals surface area contributed by atoms with E-state index in [-0.39, 0.29) is 0 Å². The molecule has 0 saturated heterocycles. The molecule has 1 unspecified atom stereocenters. The minimum atomic E-state index is -0.752. The molecule has 1 atom stereocenters. The van der Waals surface area contributed by atoms with Crippen LogP contribution in [0.4, 0.5) is 0 Å². The van der Waals surface area contributed by atoms with E-state index >= 15 is 0 Å². The van der Waals surface area contributed by atoms with Crippen molar-refractivity contribution in [1.82, 2.24) is 9.78 Å². The Kier molecular flexibility index (Phi) is 4.44. The van der Waals surface area contributed by atoms with Crippen molar-refractivity contribution in [2.75, 3.05) is 14.2 Å². The van der Waals surface area contributed by atoms with Crippen molar-refractivity contribution in [2.24, 2.45) is 0 Å². The molecule has 2 aromatic heterocycles. The quantitative estimate of drug-likeness (QED) is 0.884. The maximum atomic E-state index is 10.5. The lowest BCUT2D eigenvalue weighted by molar-refractivity contribution is 0.205. The summed E-state index contributed by atoms with van der Waals surface area (Å²) in [5, 5.41) is 16.6. The Morgan fingerprint density at radius 1 is 1.42 bits per heavy atom. The van der Waals surface area contributed by atoms with Crippen molar-refractivity contribution >= 4 is 11.3 Å². The predicted octanol–water partition coefficient (Wildman–Crippen LogP) is 2.45. The fourth-order valence-electron chi connectivity index (χ4n) is 1.92. The number of methoxy groups -OCH3 is 2. The first-order valence-corrected chi connectivity index (χ1v) is 6.99. The molecule has 0 aromatic carbocycles. The van der Waals surface area contributed by atoms with Crippen LogP contribution in [0.15, 0.2) is 17.6 Å². The fraction of sp³-hybridized carbons (Fsp3) is 0.462. The number of rotatable bonds is 6. The van der Waals surface area contributed by atoms with Crippen LogP contribution in [0, 0.1) is 0 Å². The van der Waals surface area contributed by atoms with Gasteiger partial charge in [0.1, 0.15) is 17.5 Å². The maximum Gasteiger partial charge on any atom is 0.163 e. The van der Waals surface area contributed by atoms with Gasteiger partial charge in [0, 0.05) is 16.8 Å². The smallest absolute Gasteiger partial charge is 0.163 e. The number of thiophene rings is 1. The minimum Gasteiger partial charge on any atom is -0.496 e. The van der Waals surface area contributed by atoms with Crippen molar-refractivity contribution in [3.05, 3.63) is 28.2 Å². The molecule has 0 fully saturated rings. The van der Waals surface area contributed by atoms with Gasteiger partial charge in [0.25, 0.3) is 0 Å². The molecular weight excluding hydrogens is 264 g/mol. The van der Waals surface area contributed by atoms with E-state index in [1.54, 1.807) is 25.1 Å². The fourth-order valence-corrected chi connectivity index (χ4v) is 2.76. The van der Waals surface area contributed by atoms with Gasteiger partial charge in [-0.1, -0.05) is 6.92 Å². The van der Waals surface area contributed by atoms with Crippen molar-refractivity contribution in [3.63, 3.8) is 0 Å². The van der Waals surface area contributed by atoms with Crippen LogP contribution in [0.25, 0.3) is 0 Å². The topological polar surface area (TPSA) is 56.5 Å². The van der Waals surface area contributed by atoms with Gasteiger partial charge in [-0.2, -0.15) is 5.10 Å². The molecule has 1 N–H and O–H groups in total. The number of hydrogen-bond acceptors (Lipinski definition) is 5. The summed E-state index contributed by atoms with van der Waals surface area (Å²) >= 11 is 1.45. The van der Waals surface area contributed by atoms with Crippen LogP contribution in [0.1, 0.15) is 30.0 Å². The number of aryl methyl sites for hydroxylation is 1. The van der Waals surface area contributed by atoms with E-state index < -0.39 is 6.10 Å². The molecule has 2 heterocycles. The lowest BCUT2D eigenvalue weighted by Gasteiger charge is -2.13. The third kappa shape index (κ3) is 2.74. The summed E-state index contributed by atoms with van der Waals surface area (Å²) in [5.41, 5.74) is 0.689. The highest BCUT2D eigenvalue weighted by Gasteiger charge is 2.22. The summed E-state index contributed by atoms with van der Waals surface area (Å²) < 4.78 is 12.2. The van der Waals surface area contributed by atoms with Crippen LogP contribution < -0.4 is 9.47 Å². The molecule has 0 aliphatic rings. The maximum absolute atomic E-state index is 10.5. The summed E-state index contributed by atoms with van der Waals surface area (Å²) in [7, 11) is 3.19. The molecular formula is C13H18N2O3S. The molecule has 2 rings (SSSR count). The Morgan fingerprint density at radius 3 is 2.79 bits per heavy atom. The van der Waals surface area contributed by atoms with E-state index in [2.05, 4.69) is 12.0 Å². The normalized spacial score (nSPS) is 12.4. The standard InChI is InChI=1S/C13H18N2O3S/c1-4-5-15-12(10(18-3)7-14-15)13(16)11-6-9(17-2)8-19-11/h6-8,13,16H,4-5H2,1-3H3. The second-order valence-electron chi connectivity index (χ2n) is 4.11. The van der Waals surface area contributed by atoms with Crippen molar-refractivity contribution in [1.29, 1.82) is 0 Å². The highest BCUT2D eigenvalue weighted by atomic mass is 32.1. The SMILES string of the molecule is CCCn1ncc(OC)c1C(O)c1cc(OC)cs1. The number of aliphatic hydroxyl groups is 1. The average Bonchev–Trinajstić information content (AvgIpc) is 3.04. The van der Waals surface area contributed by atoms with Crippen LogP contribution in [0.5, 0.6) is 11.5 Å². The first-order chi connectivity index (χ1) is 9.21. The molecule has 0 bridgehead atoms. The van der Waals surface area contributed by atoms with E-state index in [0.717, 1.165) is 23.6 Å². The summed E-state index contributed by atoms with van der Waals surface area (Å²) in [5.74, 6) is 1.35. The zero-order valence-corrected chi connectivity index (χ0v) is 12.1. The summed E-state index contributed by atoms with van der Waals surface area (Å²) in [6, 6.07) is 1.83. The summed E-state index contributed by atoms with van der Waals surface area (Å²) in [6.45, 7) is 2.82. The average molecular weight is 282 g/mol. The Bertz CT molecular complexity index is 536. The van der Waals surface area contributed by atoms with Crippen molar-refractivity contribution < 1.29 is 14.6 Å². The molecule has 0 saturated carbocycles. The Hall–Kier alpha value is -1.53. The molecule has 0 spiro atoms. The van der Waals surface area contributed by atoms with E-state index in [4.69, 9.17) is 9.47 Å². The first kappa shape index (κ1) is 13.9. The zero-order valence-electron chi connectivity index (χ0n) is 11.3. The van der Waals surface area contributed by atoms with Gasteiger partial charge in [0.05, 0.1) is 20.4 Å². The van der Waals surface area contributed by atoms with Gasteiger partial charge < -0.3 is 14.6 Å².